The Morgan fingerprint density at radius 2 is 1.81 bits per heavy atom. The number of aromatic nitrogens is 1. The lowest BCUT2D eigenvalue weighted by molar-refractivity contribution is -0.127. The zero-order valence-corrected chi connectivity index (χ0v) is 18.7. The van der Waals surface area contributed by atoms with E-state index in [9.17, 15) is 14.4 Å². The Morgan fingerprint density at radius 3 is 2.45 bits per heavy atom. The summed E-state index contributed by atoms with van der Waals surface area (Å²) in [5, 5.41) is -0.470. The number of carbonyl (C=O) groups excluding carboxylic acids is 3. The molecule has 31 heavy (non-hydrogen) atoms. The molecular weight excluding hydrogens is 410 g/mol. The van der Waals surface area contributed by atoms with Gasteiger partial charge in [0, 0.05) is 17.1 Å². The highest BCUT2D eigenvalue weighted by Gasteiger charge is 2.36. The maximum Gasteiger partial charge on any atom is 0.294 e. The lowest BCUT2D eigenvalue weighted by atomic mass is 9.84. The van der Waals surface area contributed by atoms with Crippen LogP contribution < -0.4 is 5.73 Å². The van der Waals surface area contributed by atoms with E-state index in [0.29, 0.717) is 10.8 Å². The summed E-state index contributed by atoms with van der Waals surface area (Å²) in [5.41, 5.74) is 10.5. The maximum atomic E-state index is 12.5. The van der Waals surface area contributed by atoms with Crippen molar-refractivity contribution in [2.45, 2.75) is 51.9 Å². The Balaban J connectivity index is 1.59. The van der Waals surface area contributed by atoms with E-state index < -0.39 is 23.6 Å². The van der Waals surface area contributed by atoms with Gasteiger partial charge in [-0.1, -0.05) is 31.4 Å². The lowest BCUT2D eigenvalue weighted by Gasteiger charge is -2.22. The van der Waals surface area contributed by atoms with Crippen LogP contribution in [0, 0.1) is 13.8 Å². The first kappa shape index (κ1) is 21.4. The maximum absolute atomic E-state index is 12.5. The fourth-order valence-electron chi connectivity index (χ4n) is 4.60. The van der Waals surface area contributed by atoms with E-state index >= 15 is 0 Å². The summed E-state index contributed by atoms with van der Waals surface area (Å²) in [5.74, 6) is -0.518. The van der Waals surface area contributed by atoms with Crippen LogP contribution in [-0.2, 0) is 9.59 Å². The number of nitrogens with zero attached hydrogens (tertiary/aromatic N) is 2. The Kier molecular flexibility index (Phi) is 6.05. The van der Waals surface area contributed by atoms with Gasteiger partial charge in [-0.15, -0.1) is 0 Å². The molecule has 1 aromatic heterocycles. The van der Waals surface area contributed by atoms with Crippen LogP contribution in [0.5, 0.6) is 0 Å². The van der Waals surface area contributed by atoms with Crippen molar-refractivity contribution in [3.63, 3.8) is 0 Å². The Bertz CT molecular complexity index is 1060. The van der Waals surface area contributed by atoms with Crippen LogP contribution in [0.3, 0.4) is 0 Å². The third-order valence-corrected chi connectivity index (χ3v) is 7.08. The molecule has 1 saturated carbocycles. The molecule has 1 aromatic carbocycles. The summed E-state index contributed by atoms with van der Waals surface area (Å²) in [6, 6.07) is 10.8. The molecule has 2 aromatic rings. The monoisotopic (exact) mass is 437 g/mol. The van der Waals surface area contributed by atoms with Crippen molar-refractivity contribution >= 4 is 34.9 Å². The van der Waals surface area contributed by atoms with Gasteiger partial charge in [0.2, 0.25) is 5.91 Å². The van der Waals surface area contributed by atoms with Crippen molar-refractivity contribution < 1.29 is 14.4 Å². The number of primary amides is 1. The van der Waals surface area contributed by atoms with Gasteiger partial charge in [-0.25, -0.2) is 0 Å². The number of imide groups is 1. The minimum Gasteiger partial charge on any atom is -0.368 e. The zero-order valence-electron chi connectivity index (χ0n) is 17.9. The minimum absolute atomic E-state index is 0.305. The number of amides is 3. The first-order valence-electron chi connectivity index (χ1n) is 10.7. The van der Waals surface area contributed by atoms with E-state index in [1.54, 1.807) is 6.08 Å². The predicted octanol–water partition coefficient (Wildman–Crippen LogP) is 4.66. The molecule has 2 heterocycles. The molecule has 2 N–H and O–H groups in total. The highest BCUT2D eigenvalue weighted by Crippen LogP contribution is 2.35. The van der Waals surface area contributed by atoms with Crippen molar-refractivity contribution in [1.82, 2.24) is 9.47 Å². The summed E-state index contributed by atoms with van der Waals surface area (Å²) in [4.78, 5) is 36.9. The Morgan fingerprint density at radius 1 is 1.13 bits per heavy atom. The molecule has 1 saturated heterocycles. The molecular formula is C24H27N3O3S. The van der Waals surface area contributed by atoms with E-state index in [0.717, 1.165) is 39.3 Å². The smallest absolute Gasteiger partial charge is 0.294 e. The van der Waals surface area contributed by atoms with Gasteiger partial charge in [0.05, 0.1) is 4.91 Å². The van der Waals surface area contributed by atoms with Crippen LogP contribution >= 0.6 is 11.8 Å². The quantitative estimate of drug-likeness (QED) is 0.689. The molecule has 0 unspecified atom stereocenters. The summed E-state index contributed by atoms with van der Waals surface area (Å²) in [7, 11) is 0. The molecule has 162 valence electrons. The van der Waals surface area contributed by atoms with Crippen molar-refractivity contribution in [3.05, 3.63) is 57.8 Å². The second kappa shape index (κ2) is 8.75. The summed E-state index contributed by atoms with van der Waals surface area (Å²) in [6.07, 6.45) is 8.25. The molecule has 0 bridgehead atoms. The largest absolute Gasteiger partial charge is 0.368 e. The number of thioether (sulfide) groups is 1. The SMILES string of the molecule is Cc1cc(/C=C2\SC(=O)N(CC(N)=O)C2=O)c(C)n1-c1ccc(C2CCCCC2)cc1. The number of nitrogens with two attached hydrogens (primary N) is 1. The van der Waals surface area contributed by atoms with Crippen LogP contribution in [0.15, 0.2) is 35.2 Å². The highest BCUT2D eigenvalue weighted by atomic mass is 32.2. The van der Waals surface area contributed by atoms with Crippen molar-refractivity contribution in [1.29, 1.82) is 0 Å². The second-order valence-electron chi connectivity index (χ2n) is 8.32. The molecule has 1 aliphatic heterocycles. The number of aryl methyl sites for hydroxylation is 1. The van der Waals surface area contributed by atoms with Crippen LogP contribution in [0.4, 0.5) is 4.79 Å². The second-order valence-corrected chi connectivity index (χ2v) is 9.32. The first-order valence-corrected chi connectivity index (χ1v) is 11.5. The van der Waals surface area contributed by atoms with Gasteiger partial charge in [0.25, 0.3) is 11.1 Å². The normalized spacial score (nSPS) is 18.9. The van der Waals surface area contributed by atoms with Gasteiger partial charge in [0.1, 0.15) is 6.54 Å². The average Bonchev–Trinajstić information content (AvgIpc) is 3.18. The molecule has 0 spiro atoms. The number of benzene rings is 1. The number of rotatable bonds is 5. The molecule has 1 aliphatic carbocycles. The van der Waals surface area contributed by atoms with Crippen molar-refractivity contribution in [3.8, 4) is 5.69 Å². The van der Waals surface area contributed by atoms with Gasteiger partial charge >= 0.3 is 0 Å². The summed E-state index contributed by atoms with van der Waals surface area (Å²) >= 11 is 0.837. The van der Waals surface area contributed by atoms with E-state index in [1.807, 2.05) is 19.9 Å². The molecule has 6 nitrogen and oxygen atoms in total. The third kappa shape index (κ3) is 4.32. The summed E-state index contributed by atoms with van der Waals surface area (Å²) in [6.45, 7) is 3.63. The number of hydrogen-bond donors (Lipinski definition) is 1. The van der Waals surface area contributed by atoms with Crippen LogP contribution in [0.2, 0.25) is 0 Å². The van der Waals surface area contributed by atoms with Gasteiger partial charge in [-0.3, -0.25) is 19.3 Å². The van der Waals surface area contributed by atoms with Gasteiger partial charge in [-0.2, -0.15) is 0 Å². The summed E-state index contributed by atoms with van der Waals surface area (Å²) < 4.78 is 2.16. The highest BCUT2D eigenvalue weighted by molar-refractivity contribution is 8.18. The Labute approximate surface area is 186 Å². The first-order chi connectivity index (χ1) is 14.8. The molecule has 0 atom stereocenters. The zero-order chi connectivity index (χ0) is 22.1. The fraction of sp³-hybridized carbons (Fsp3) is 0.375. The van der Waals surface area contributed by atoms with Crippen molar-refractivity contribution in [2.75, 3.05) is 6.54 Å². The van der Waals surface area contributed by atoms with E-state index in [2.05, 4.69) is 28.8 Å². The average molecular weight is 438 g/mol. The van der Waals surface area contributed by atoms with Gasteiger partial charge in [-0.05, 0) is 79.8 Å². The standard InChI is InChI=1S/C24H27N3O3S/c1-15-12-19(13-21-23(29)26(14-22(25)28)24(30)31-21)16(2)27(15)20-10-8-18(9-11-20)17-6-4-3-5-7-17/h8-13,17H,3-7,14H2,1-2H3,(H2,25,28)/b21-13-. The molecule has 4 rings (SSSR count). The molecule has 7 heteroatoms. The lowest BCUT2D eigenvalue weighted by Crippen LogP contribution is -2.36. The molecule has 2 fully saturated rings. The van der Waals surface area contributed by atoms with Gasteiger partial charge < -0.3 is 10.3 Å². The predicted molar refractivity (Wildman–Crippen MR) is 123 cm³/mol. The van der Waals surface area contributed by atoms with Crippen LogP contribution in [0.1, 0.15) is 60.5 Å². The Hall–Kier alpha value is -2.80. The minimum atomic E-state index is -0.710. The number of carbonyl (C=O) groups is 3. The van der Waals surface area contributed by atoms with Gasteiger partial charge in [0.15, 0.2) is 0 Å². The molecule has 0 radical (unpaired) electrons. The molecule has 3 amide bonds. The fourth-order valence-corrected chi connectivity index (χ4v) is 5.43. The van der Waals surface area contributed by atoms with Crippen molar-refractivity contribution in [2.24, 2.45) is 5.73 Å². The van der Waals surface area contributed by atoms with Crippen LogP contribution in [0.25, 0.3) is 11.8 Å². The number of hydrogen-bond acceptors (Lipinski definition) is 4. The van der Waals surface area contributed by atoms with E-state index in [-0.39, 0.29) is 0 Å². The topological polar surface area (TPSA) is 85.4 Å². The molecule has 2 aliphatic rings. The third-order valence-electron chi connectivity index (χ3n) is 6.17. The van der Waals surface area contributed by atoms with E-state index in [4.69, 9.17) is 5.73 Å². The van der Waals surface area contributed by atoms with E-state index in [1.165, 1.54) is 37.7 Å². The van der Waals surface area contributed by atoms with Crippen LogP contribution in [-0.4, -0.2) is 33.1 Å².